The topological polar surface area (TPSA) is 114 Å². The van der Waals surface area contributed by atoms with Crippen LogP contribution >= 0.6 is 0 Å². The largest absolute Gasteiger partial charge is 0.495 e. The van der Waals surface area contributed by atoms with Crippen LogP contribution in [0.15, 0.2) is 71.7 Å². The third-order valence-corrected chi connectivity index (χ3v) is 8.85. The summed E-state index contributed by atoms with van der Waals surface area (Å²) in [6.45, 7) is 4.57. The standard InChI is InChI=1S/C38H49N7O3/c1-4-5-6-7-8-9-10-11-12-13-17-23-34(46)40-31-26-30(24-25-33(31)48-3)39-37-36(45-32-22-18-19-28(2)35(32)41-43-45)38(47)44(42-37)27-29-20-15-14-16-21-29/h14-16,18-22,24-26,36H,4-13,17,23,27H2,1-3H3,(H,39,42)(H,40,46). The minimum Gasteiger partial charge on any atom is -0.495 e. The third-order valence-electron chi connectivity index (χ3n) is 8.85. The predicted molar refractivity (Wildman–Crippen MR) is 191 cm³/mol. The third kappa shape index (κ3) is 8.99. The molecule has 10 nitrogen and oxygen atoms in total. The van der Waals surface area contributed by atoms with E-state index in [1.54, 1.807) is 35.0 Å². The van der Waals surface area contributed by atoms with Gasteiger partial charge in [-0.3, -0.25) is 15.0 Å². The Morgan fingerprint density at radius 1 is 0.917 bits per heavy atom. The maximum atomic E-state index is 13.9. The molecule has 2 N–H and O–H groups in total. The molecule has 0 spiro atoms. The summed E-state index contributed by atoms with van der Waals surface area (Å²) < 4.78 is 7.19. The molecule has 1 fully saturated rings. The average molecular weight is 652 g/mol. The van der Waals surface area contributed by atoms with Gasteiger partial charge in [0.15, 0.2) is 11.9 Å². The molecule has 1 atom stereocenters. The lowest BCUT2D eigenvalue weighted by molar-refractivity contribution is -0.132. The molecule has 254 valence electrons. The van der Waals surface area contributed by atoms with Gasteiger partial charge in [-0.25, -0.2) is 14.7 Å². The first-order valence-electron chi connectivity index (χ1n) is 17.5. The van der Waals surface area contributed by atoms with Gasteiger partial charge in [0.2, 0.25) is 5.91 Å². The molecule has 0 aliphatic carbocycles. The van der Waals surface area contributed by atoms with Crippen molar-refractivity contribution in [1.82, 2.24) is 25.4 Å². The fraction of sp³-hybridized carbons (Fsp3) is 0.447. The zero-order valence-electron chi connectivity index (χ0n) is 28.6. The molecule has 1 saturated heterocycles. The van der Waals surface area contributed by atoms with E-state index < -0.39 is 6.04 Å². The van der Waals surface area contributed by atoms with Crippen LogP contribution in [0.1, 0.15) is 101 Å². The fourth-order valence-electron chi connectivity index (χ4n) is 6.16. The van der Waals surface area contributed by atoms with E-state index in [-0.39, 0.29) is 11.8 Å². The molecule has 2 heterocycles. The second kappa shape index (κ2) is 17.4. The minimum absolute atomic E-state index is 0.0560. The Labute approximate surface area is 283 Å². The van der Waals surface area contributed by atoms with Gasteiger partial charge < -0.3 is 10.1 Å². The number of ether oxygens (including phenoxy) is 1. The Bertz CT molecular complexity index is 1680. The summed E-state index contributed by atoms with van der Waals surface area (Å²) in [5, 5.41) is 13.4. The molecular formula is C38H49N7O3. The van der Waals surface area contributed by atoms with Crippen molar-refractivity contribution < 1.29 is 14.3 Å². The van der Waals surface area contributed by atoms with E-state index in [0.717, 1.165) is 41.4 Å². The minimum atomic E-state index is -0.846. The van der Waals surface area contributed by atoms with Gasteiger partial charge in [0.05, 0.1) is 30.5 Å². The van der Waals surface area contributed by atoms with Crippen LogP contribution in [0.2, 0.25) is 0 Å². The molecule has 48 heavy (non-hydrogen) atoms. The van der Waals surface area contributed by atoms with Crippen LogP contribution in [-0.4, -0.2) is 44.8 Å². The van der Waals surface area contributed by atoms with Crippen molar-refractivity contribution in [2.45, 2.75) is 103 Å². The maximum Gasteiger partial charge on any atom is 0.274 e. The van der Waals surface area contributed by atoms with Crippen molar-refractivity contribution >= 4 is 40.1 Å². The van der Waals surface area contributed by atoms with E-state index in [0.29, 0.717) is 35.9 Å². The van der Waals surface area contributed by atoms with Gasteiger partial charge in [-0.2, -0.15) is 0 Å². The SMILES string of the molecule is CCCCCCCCCCCCCC(=O)Nc1cc(N=C2NN(Cc3ccccc3)C(=O)C2n2nnc3c(C)cccc32)ccc1OC. The first kappa shape index (κ1) is 34.6. The van der Waals surface area contributed by atoms with Crippen molar-refractivity contribution in [3.63, 3.8) is 0 Å². The highest BCUT2D eigenvalue weighted by atomic mass is 16.5. The Kier molecular flexibility index (Phi) is 12.6. The summed E-state index contributed by atoms with van der Waals surface area (Å²) >= 11 is 0. The number of aryl methyl sites for hydroxylation is 1. The highest BCUT2D eigenvalue weighted by molar-refractivity contribution is 6.11. The number of hydrogen-bond donors (Lipinski definition) is 2. The molecule has 1 unspecified atom stereocenters. The van der Waals surface area contributed by atoms with Crippen LogP contribution < -0.4 is 15.5 Å². The monoisotopic (exact) mass is 651 g/mol. The maximum absolute atomic E-state index is 13.9. The number of aromatic nitrogens is 3. The average Bonchev–Trinajstić information content (AvgIpc) is 3.64. The Balaban J connectivity index is 1.26. The van der Waals surface area contributed by atoms with Crippen molar-refractivity contribution in [3.05, 3.63) is 77.9 Å². The van der Waals surface area contributed by atoms with E-state index in [9.17, 15) is 9.59 Å². The number of carbonyl (C=O) groups is 2. The number of rotatable bonds is 18. The van der Waals surface area contributed by atoms with Gasteiger partial charge in [0.1, 0.15) is 11.3 Å². The van der Waals surface area contributed by atoms with E-state index >= 15 is 0 Å². The summed E-state index contributed by atoms with van der Waals surface area (Å²) in [6.07, 6.45) is 14.0. The Hall–Kier alpha value is -4.73. The molecule has 0 saturated carbocycles. The van der Waals surface area contributed by atoms with E-state index in [4.69, 9.17) is 9.73 Å². The first-order chi connectivity index (χ1) is 23.5. The van der Waals surface area contributed by atoms with E-state index in [1.165, 1.54) is 51.4 Å². The number of hydrogen-bond acceptors (Lipinski definition) is 6. The van der Waals surface area contributed by atoms with Gasteiger partial charge in [-0.15, -0.1) is 5.10 Å². The van der Waals surface area contributed by atoms with Crippen molar-refractivity contribution in [2.75, 3.05) is 12.4 Å². The van der Waals surface area contributed by atoms with Crippen LogP contribution in [0, 0.1) is 6.92 Å². The molecule has 0 radical (unpaired) electrons. The first-order valence-corrected chi connectivity index (χ1v) is 17.5. The zero-order valence-corrected chi connectivity index (χ0v) is 28.6. The number of benzene rings is 3. The van der Waals surface area contributed by atoms with Crippen molar-refractivity contribution in [1.29, 1.82) is 0 Å². The lowest BCUT2D eigenvalue weighted by Crippen LogP contribution is -2.35. The number of aliphatic imine (C=N–C) groups is 1. The number of amidine groups is 1. The van der Waals surface area contributed by atoms with E-state index in [2.05, 4.69) is 28.0 Å². The van der Waals surface area contributed by atoms with Gasteiger partial charge >= 0.3 is 0 Å². The number of anilines is 1. The molecule has 0 bridgehead atoms. The number of hydrazine groups is 1. The summed E-state index contributed by atoms with van der Waals surface area (Å²) in [5.41, 5.74) is 7.76. The van der Waals surface area contributed by atoms with E-state index in [1.807, 2.05) is 55.5 Å². The van der Waals surface area contributed by atoms with Crippen LogP contribution in [0.25, 0.3) is 11.0 Å². The molecule has 1 aliphatic rings. The molecular weight excluding hydrogens is 602 g/mol. The van der Waals surface area contributed by atoms with Crippen LogP contribution in [-0.2, 0) is 16.1 Å². The van der Waals surface area contributed by atoms with Gasteiger partial charge in [-0.1, -0.05) is 119 Å². The number of nitrogens with one attached hydrogen (secondary N) is 2. The highest BCUT2D eigenvalue weighted by Gasteiger charge is 2.40. The molecule has 10 heteroatoms. The highest BCUT2D eigenvalue weighted by Crippen LogP contribution is 2.32. The molecule has 5 rings (SSSR count). The number of carbonyl (C=O) groups excluding carboxylic acids is 2. The molecule has 4 aromatic rings. The second-order valence-electron chi connectivity index (χ2n) is 12.6. The van der Waals surface area contributed by atoms with Gasteiger partial charge in [0, 0.05) is 6.42 Å². The lowest BCUT2D eigenvalue weighted by Gasteiger charge is -2.15. The van der Waals surface area contributed by atoms with Crippen LogP contribution in [0.5, 0.6) is 5.75 Å². The summed E-state index contributed by atoms with van der Waals surface area (Å²) in [5.74, 6) is 0.703. The fourth-order valence-corrected chi connectivity index (χ4v) is 6.16. The number of fused-ring (bicyclic) bond motifs is 1. The summed E-state index contributed by atoms with van der Waals surface area (Å²) in [4.78, 5) is 31.7. The van der Waals surface area contributed by atoms with Gasteiger partial charge in [0.25, 0.3) is 5.91 Å². The van der Waals surface area contributed by atoms with Crippen LogP contribution in [0.4, 0.5) is 11.4 Å². The number of methoxy groups -OCH3 is 1. The summed E-state index contributed by atoms with van der Waals surface area (Å²) in [7, 11) is 1.58. The normalized spacial score (nSPS) is 15.3. The molecule has 3 aromatic carbocycles. The molecule has 2 amide bonds. The quantitative estimate of drug-likeness (QED) is 0.105. The predicted octanol–water partition coefficient (Wildman–Crippen LogP) is 8.21. The van der Waals surface area contributed by atoms with Crippen molar-refractivity contribution in [3.8, 4) is 5.75 Å². The second-order valence-corrected chi connectivity index (χ2v) is 12.6. The Morgan fingerprint density at radius 3 is 2.33 bits per heavy atom. The van der Waals surface area contributed by atoms with Crippen molar-refractivity contribution in [2.24, 2.45) is 4.99 Å². The molecule has 1 aromatic heterocycles. The zero-order chi connectivity index (χ0) is 33.7. The lowest BCUT2D eigenvalue weighted by atomic mass is 10.1. The number of nitrogens with zero attached hydrogens (tertiary/aromatic N) is 5. The molecule has 1 aliphatic heterocycles. The smallest absolute Gasteiger partial charge is 0.274 e. The Morgan fingerprint density at radius 2 is 1.62 bits per heavy atom. The summed E-state index contributed by atoms with van der Waals surface area (Å²) in [6, 6.07) is 20.1. The van der Waals surface area contributed by atoms with Crippen LogP contribution in [0.3, 0.4) is 0 Å². The van der Waals surface area contributed by atoms with Gasteiger partial charge in [-0.05, 0) is 48.7 Å². The number of unbranched alkanes of at least 4 members (excludes halogenated alkanes) is 10. The number of amides is 2.